The van der Waals surface area contributed by atoms with Gasteiger partial charge in [-0.2, -0.15) is 0 Å². The van der Waals surface area contributed by atoms with Crippen molar-refractivity contribution >= 4 is 22.7 Å². The zero-order valence-corrected chi connectivity index (χ0v) is 30.1. The Balaban J connectivity index is 1.06. The lowest BCUT2D eigenvalue weighted by Gasteiger charge is -2.36. The third-order valence-electron chi connectivity index (χ3n) is 10.3. The molecule has 7 heteroatoms. The van der Waals surface area contributed by atoms with Crippen molar-refractivity contribution in [3.05, 3.63) is 150 Å². The molecule has 2 amide bonds. The number of likely N-dealkylation sites (tertiary alicyclic amines) is 1. The standard InChI is InChI=1S/C45H52N4O3/c50-43(42(30-36-18-8-3-9-19-36)48-44(51)38-26-27-41-37(31-38)22-12-28-46-41)33-49-29-13-23-39(32-49)45(52)47-40(24-10-20-34-14-4-1-5-15-34)25-11-21-35-16-6-2-7-17-35/h1-9,12,14-19,22,26-28,31,39-40,42-43,50H,10-11,13,20-21,23-25,29-30,32-33H2,(H,47,52)(H,48,51)/t39?,42-,43+/m1/s1. The number of hydrogen-bond acceptors (Lipinski definition) is 5. The van der Waals surface area contributed by atoms with E-state index in [2.05, 4.69) is 69.0 Å². The summed E-state index contributed by atoms with van der Waals surface area (Å²) in [4.78, 5) is 33.9. The molecule has 1 aliphatic heterocycles. The number of aryl methyl sites for hydroxylation is 2. The molecule has 5 aromatic rings. The molecule has 4 aromatic carbocycles. The van der Waals surface area contributed by atoms with E-state index in [1.807, 2.05) is 66.7 Å². The van der Waals surface area contributed by atoms with Crippen LogP contribution < -0.4 is 10.6 Å². The van der Waals surface area contributed by atoms with Crippen molar-refractivity contribution in [1.82, 2.24) is 20.5 Å². The van der Waals surface area contributed by atoms with Gasteiger partial charge in [0.15, 0.2) is 0 Å². The molecule has 6 rings (SSSR count). The van der Waals surface area contributed by atoms with Crippen LogP contribution in [-0.4, -0.2) is 64.6 Å². The Labute approximate surface area is 308 Å². The number of carbonyl (C=O) groups excluding carboxylic acids is 2. The number of aromatic nitrogens is 1. The third kappa shape index (κ3) is 11.1. The van der Waals surface area contributed by atoms with Gasteiger partial charge in [0.1, 0.15) is 0 Å². The van der Waals surface area contributed by atoms with Gasteiger partial charge < -0.3 is 15.7 Å². The first-order valence-corrected chi connectivity index (χ1v) is 19.0. The highest BCUT2D eigenvalue weighted by Gasteiger charge is 2.31. The minimum atomic E-state index is -0.822. The molecule has 52 heavy (non-hydrogen) atoms. The second-order valence-electron chi connectivity index (χ2n) is 14.3. The highest BCUT2D eigenvalue weighted by atomic mass is 16.3. The second-order valence-corrected chi connectivity index (χ2v) is 14.3. The number of rotatable bonds is 17. The molecule has 3 N–H and O–H groups in total. The molecule has 270 valence electrons. The first-order valence-electron chi connectivity index (χ1n) is 19.0. The van der Waals surface area contributed by atoms with Crippen molar-refractivity contribution in [2.24, 2.45) is 5.92 Å². The maximum atomic E-state index is 13.8. The van der Waals surface area contributed by atoms with Gasteiger partial charge in [-0.25, -0.2) is 0 Å². The van der Waals surface area contributed by atoms with Crippen molar-refractivity contribution in [3.8, 4) is 0 Å². The summed E-state index contributed by atoms with van der Waals surface area (Å²) in [5, 5.41) is 19.2. The predicted molar refractivity (Wildman–Crippen MR) is 209 cm³/mol. The van der Waals surface area contributed by atoms with Crippen LogP contribution in [0.15, 0.2) is 128 Å². The van der Waals surface area contributed by atoms with Crippen LogP contribution >= 0.6 is 0 Å². The lowest BCUT2D eigenvalue weighted by Crippen LogP contribution is -2.52. The Morgan fingerprint density at radius 2 is 1.40 bits per heavy atom. The van der Waals surface area contributed by atoms with Gasteiger partial charge in [0.2, 0.25) is 5.91 Å². The number of pyridine rings is 1. The van der Waals surface area contributed by atoms with Crippen molar-refractivity contribution in [2.75, 3.05) is 19.6 Å². The van der Waals surface area contributed by atoms with Gasteiger partial charge in [-0.3, -0.25) is 19.5 Å². The average Bonchev–Trinajstić information content (AvgIpc) is 3.18. The minimum absolute atomic E-state index is 0.114. The van der Waals surface area contributed by atoms with Crippen molar-refractivity contribution < 1.29 is 14.7 Å². The van der Waals surface area contributed by atoms with Gasteiger partial charge in [0.05, 0.1) is 23.6 Å². The molecule has 1 fully saturated rings. The lowest BCUT2D eigenvalue weighted by atomic mass is 9.94. The van der Waals surface area contributed by atoms with E-state index in [0.29, 0.717) is 25.1 Å². The van der Waals surface area contributed by atoms with E-state index >= 15 is 0 Å². The molecular weight excluding hydrogens is 645 g/mol. The van der Waals surface area contributed by atoms with Gasteiger partial charge >= 0.3 is 0 Å². The molecule has 7 nitrogen and oxygen atoms in total. The number of nitrogens with zero attached hydrogens (tertiary/aromatic N) is 2. The van der Waals surface area contributed by atoms with Crippen LogP contribution in [0.2, 0.25) is 0 Å². The molecule has 0 radical (unpaired) electrons. The van der Waals surface area contributed by atoms with Gasteiger partial charge in [0, 0.05) is 36.3 Å². The number of nitrogens with one attached hydrogen (secondary N) is 2. The van der Waals surface area contributed by atoms with Crippen LogP contribution in [0.4, 0.5) is 0 Å². The Kier molecular flexibility index (Phi) is 13.6. The quantitative estimate of drug-likeness (QED) is 0.0958. The van der Waals surface area contributed by atoms with Gasteiger partial charge in [-0.05, 0) is 105 Å². The molecular formula is C45H52N4O3. The molecule has 0 bridgehead atoms. The SMILES string of the molecule is O=C(N[C@H](Cc1ccccc1)[C@@H](O)CN1CCCC(C(=O)NC(CCCc2ccccc2)CCCc2ccccc2)C1)c1ccc2ncccc2c1. The number of β-amino-alcohol motifs (C(OH)–C–C–N with tert-alkyl or cyclic N) is 1. The van der Waals surface area contributed by atoms with E-state index in [0.717, 1.165) is 74.4 Å². The van der Waals surface area contributed by atoms with Crippen LogP contribution in [-0.2, 0) is 24.1 Å². The normalized spacial score (nSPS) is 16.0. The summed E-state index contributed by atoms with van der Waals surface area (Å²) in [5.74, 6) is -0.254. The fraction of sp³-hybridized carbons (Fsp3) is 0.356. The Morgan fingerprint density at radius 3 is 2.06 bits per heavy atom. The topological polar surface area (TPSA) is 94.6 Å². The van der Waals surface area contributed by atoms with Crippen molar-refractivity contribution in [1.29, 1.82) is 0 Å². The summed E-state index contributed by atoms with van der Waals surface area (Å²) < 4.78 is 0. The number of piperidine rings is 1. The maximum absolute atomic E-state index is 13.8. The predicted octanol–water partition coefficient (Wildman–Crippen LogP) is 7.18. The van der Waals surface area contributed by atoms with E-state index in [9.17, 15) is 14.7 Å². The van der Waals surface area contributed by atoms with E-state index in [4.69, 9.17) is 0 Å². The molecule has 3 atom stereocenters. The van der Waals surface area contributed by atoms with E-state index in [1.165, 1.54) is 11.1 Å². The second kappa shape index (κ2) is 19.1. The Morgan fingerprint density at radius 1 is 0.769 bits per heavy atom. The van der Waals surface area contributed by atoms with E-state index in [1.54, 1.807) is 12.3 Å². The molecule has 0 saturated carbocycles. The molecule has 1 saturated heterocycles. The van der Waals surface area contributed by atoms with Crippen molar-refractivity contribution in [3.63, 3.8) is 0 Å². The minimum Gasteiger partial charge on any atom is -0.390 e. The van der Waals surface area contributed by atoms with Crippen LogP contribution in [0, 0.1) is 5.92 Å². The monoisotopic (exact) mass is 696 g/mol. The zero-order valence-electron chi connectivity index (χ0n) is 30.1. The van der Waals surface area contributed by atoms with E-state index in [-0.39, 0.29) is 23.8 Å². The number of aliphatic hydroxyl groups excluding tert-OH is 1. The van der Waals surface area contributed by atoms with Gasteiger partial charge in [0.25, 0.3) is 5.91 Å². The Hall–Kier alpha value is -4.85. The highest BCUT2D eigenvalue weighted by Crippen LogP contribution is 2.21. The first kappa shape index (κ1) is 36.9. The molecule has 0 spiro atoms. The molecule has 1 unspecified atom stereocenters. The highest BCUT2D eigenvalue weighted by molar-refractivity contribution is 5.98. The van der Waals surface area contributed by atoms with Crippen LogP contribution in [0.5, 0.6) is 0 Å². The van der Waals surface area contributed by atoms with Gasteiger partial charge in [-0.15, -0.1) is 0 Å². The summed E-state index contributed by atoms with van der Waals surface area (Å²) in [7, 11) is 0. The average molecular weight is 697 g/mol. The number of benzene rings is 4. The molecule has 2 heterocycles. The van der Waals surface area contributed by atoms with Gasteiger partial charge in [-0.1, -0.05) is 97.1 Å². The van der Waals surface area contributed by atoms with Crippen LogP contribution in [0.3, 0.4) is 0 Å². The van der Waals surface area contributed by atoms with Crippen molar-refractivity contribution in [2.45, 2.75) is 76.0 Å². The maximum Gasteiger partial charge on any atom is 0.251 e. The molecule has 1 aliphatic rings. The summed E-state index contributed by atoms with van der Waals surface area (Å²) in [5.41, 5.74) is 5.05. The van der Waals surface area contributed by atoms with E-state index < -0.39 is 12.1 Å². The summed E-state index contributed by atoms with van der Waals surface area (Å²) >= 11 is 0. The largest absolute Gasteiger partial charge is 0.390 e. The lowest BCUT2D eigenvalue weighted by molar-refractivity contribution is -0.127. The van der Waals surface area contributed by atoms with Crippen LogP contribution in [0.1, 0.15) is 65.6 Å². The Bertz CT molecular complexity index is 1790. The number of aliphatic hydroxyl groups is 1. The fourth-order valence-electron chi connectivity index (χ4n) is 7.45. The smallest absolute Gasteiger partial charge is 0.251 e. The first-order chi connectivity index (χ1) is 25.5. The zero-order chi connectivity index (χ0) is 36.0. The fourth-order valence-corrected chi connectivity index (χ4v) is 7.45. The third-order valence-corrected chi connectivity index (χ3v) is 10.3. The number of amides is 2. The number of hydrogen-bond donors (Lipinski definition) is 3. The molecule has 1 aromatic heterocycles. The van der Waals surface area contributed by atoms with Crippen LogP contribution in [0.25, 0.3) is 10.9 Å². The summed E-state index contributed by atoms with van der Waals surface area (Å²) in [6, 6.07) is 40.0. The summed E-state index contributed by atoms with van der Waals surface area (Å²) in [6.07, 6.45) is 9.06. The number of fused-ring (bicyclic) bond motifs is 1. The number of carbonyl (C=O) groups is 2. The summed E-state index contributed by atoms with van der Waals surface area (Å²) in [6.45, 7) is 1.77. The molecule has 0 aliphatic carbocycles.